The van der Waals surface area contributed by atoms with Crippen molar-refractivity contribution in [1.29, 1.82) is 0 Å². The molecule has 2 rings (SSSR count). The quantitative estimate of drug-likeness (QED) is 0.827. The van der Waals surface area contributed by atoms with Gasteiger partial charge in [0.2, 0.25) is 5.91 Å². The molecule has 0 fully saturated rings. The zero-order valence-electron chi connectivity index (χ0n) is 12.0. The first-order valence-electron chi connectivity index (χ1n) is 6.64. The van der Waals surface area contributed by atoms with Crippen LogP contribution in [0.25, 0.3) is 0 Å². The number of carbonyl (C=O) groups excluding carboxylic acids is 2. The second kappa shape index (κ2) is 6.99. The van der Waals surface area contributed by atoms with Gasteiger partial charge in [0.1, 0.15) is 11.8 Å². The molecule has 0 spiro atoms. The first-order valence-corrected chi connectivity index (χ1v) is 6.64. The third kappa shape index (κ3) is 3.91. The lowest BCUT2D eigenvalue weighted by molar-refractivity contribution is -0.122. The molecule has 1 aromatic carbocycles. The summed E-state index contributed by atoms with van der Waals surface area (Å²) in [4.78, 5) is 23.7. The van der Waals surface area contributed by atoms with Crippen molar-refractivity contribution in [3.8, 4) is 0 Å². The Kier molecular flexibility index (Phi) is 5.05. The number of benzene rings is 1. The van der Waals surface area contributed by atoms with E-state index in [9.17, 15) is 22.8 Å². The van der Waals surface area contributed by atoms with E-state index in [4.69, 9.17) is 4.42 Å². The summed E-state index contributed by atoms with van der Waals surface area (Å²) >= 11 is 0. The van der Waals surface area contributed by atoms with Crippen LogP contribution in [0.2, 0.25) is 0 Å². The number of amides is 2. The number of hydrogen-bond donors (Lipinski definition) is 2. The fraction of sp³-hybridized carbons (Fsp3) is 0.200. The number of rotatable bonds is 5. The first kappa shape index (κ1) is 16.6. The molecule has 2 aromatic rings. The van der Waals surface area contributed by atoms with Gasteiger partial charge in [-0.15, -0.1) is 0 Å². The topological polar surface area (TPSA) is 71.3 Å². The van der Waals surface area contributed by atoms with Crippen molar-refractivity contribution in [2.75, 3.05) is 0 Å². The van der Waals surface area contributed by atoms with E-state index in [2.05, 4.69) is 10.6 Å². The van der Waals surface area contributed by atoms with Gasteiger partial charge in [-0.3, -0.25) is 9.59 Å². The van der Waals surface area contributed by atoms with Gasteiger partial charge in [-0.05, 0) is 31.2 Å². The Bertz CT molecular complexity index is 717. The Morgan fingerprint density at radius 2 is 1.91 bits per heavy atom. The van der Waals surface area contributed by atoms with Crippen LogP contribution in [0, 0.1) is 17.5 Å². The summed E-state index contributed by atoms with van der Waals surface area (Å²) in [6.45, 7) is 1.48. The lowest BCUT2D eigenvalue weighted by atomic mass is 10.1. The standard InChI is InChI=1S/C15H13F3N2O3/c1-8(14(21)19-7-9-3-2-6-23-9)20-15(22)10-4-5-11(16)13(18)12(10)17/h2-6,8H,7H2,1H3,(H,19,21)(H,20,22)/t8-/m0/s1. The van der Waals surface area contributed by atoms with E-state index in [1.807, 2.05) is 0 Å². The molecule has 0 bridgehead atoms. The Morgan fingerprint density at radius 3 is 2.57 bits per heavy atom. The Hall–Kier alpha value is -2.77. The average molecular weight is 326 g/mol. The molecule has 0 saturated heterocycles. The molecule has 122 valence electrons. The van der Waals surface area contributed by atoms with E-state index in [1.54, 1.807) is 12.1 Å². The molecule has 0 unspecified atom stereocenters. The van der Waals surface area contributed by atoms with Gasteiger partial charge in [0, 0.05) is 0 Å². The van der Waals surface area contributed by atoms with Crippen LogP contribution in [-0.4, -0.2) is 17.9 Å². The van der Waals surface area contributed by atoms with Crippen molar-refractivity contribution in [3.05, 3.63) is 59.3 Å². The molecule has 2 N–H and O–H groups in total. The smallest absolute Gasteiger partial charge is 0.255 e. The van der Waals surface area contributed by atoms with E-state index in [-0.39, 0.29) is 6.54 Å². The van der Waals surface area contributed by atoms with Crippen LogP contribution in [0.4, 0.5) is 13.2 Å². The van der Waals surface area contributed by atoms with Crippen LogP contribution in [0.3, 0.4) is 0 Å². The molecule has 0 aliphatic heterocycles. The number of nitrogens with one attached hydrogen (secondary N) is 2. The molecule has 8 heteroatoms. The highest BCUT2D eigenvalue weighted by atomic mass is 19.2. The van der Waals surface area contributed by atoms with Crippen LogP contribution in [0.5, 0.6) is 0 Å². The summed E-state index contributed by atoms with van der Waals surface area (Å²) in [5.41, 5.74) is -0.686. The summed E-state index contributed by atoms with van der Waals surface area (Å²) in [6, 6.07) is 3.73. The predicted octanol–water partition coefficient (Wildman–Crippen LogP) is 2.13. The third-order valence-electron chi connectivity index (χ3n) is 3.04. The number of halogens is 3. The molecule has 0 radical (unpaired) electrons. The number of hydrogen-bond acceptors (Lipinski definition) is 3. The molecular formula is C15H13F3N2O3. The van der Waals surface area contributed by atoms with Crippen LogP contribution < -0.4 is 10.6 Å². The molecular weight excluding hydrogens is 313 g/mol. The molecule has 1 heterocycles. The molecule has 0 aliphatic carbocycles. The van der Waals surface area contributed by atoms with Crippen molar-refractivity contribution in [3.63, 3.8) is 0 Å². The highest BCUT2D eigenvalue weighted by Gasteiger charge is 2.22. The van der Waals surface area contributed by atoms with Gasteiger partial charge in [-0.25, -0.2) is 13.2 Å². The summed E-state index contributed by atoms with van der Waals surface area (Å²) in [5.74, 6) is -5.80. The average Bonchev–Trinajstić information content (AvgIpc) is 3.03. The Balaban J connectivity index is 1.96. The summed E-state index contributed by atoms with van der Waals surface area (Å²) in [6.07, 6.45) is 1.44. The van der Waals surface area contributed by atoms with E-state index in [0.29, 0.717) is 11.8 Å². The van der Waals surface area contributed by atoms with Crippen molar-refractivity contribution in [2.45, 2.75) is 19.5 Å². The van der Waals surface area contributed by atoms with Crippen LogP contribution >= 0.6 is 0 Å². The molecule has 0 saturated carbocycles. The van der Waals surface area contributed by atoms with Crippen LogP contribution in [0.1, 0.15) is 23.0 Å². The summed E-state index contributed by atoms with van der Waals surface area (Å²) < 4.78 is 44.5. The highest BCUT2D eigenvalue weighted by molar-refractivity contribution is 5.97. The minimum atomic E-state index is -1.74. The molecule has 2 amide bonds. The molecule has 1 aromatic heterocycles. The molecule has 0 aliphatic rings. The SMILES string of the molecule is C[C@H](NC(=O)c1ccc(F)c(F)c1F)C(=O)NCc1ccco1. The van der Waals surface area contributed by atoms with Gasteiger partial charge in [0.15, 0.2) is 17.5 Å². The van der Waals surface area contributed by atoms with Gasteiger partial charge < -0.3 is 15.1 Å². The minimum absolute atomic E-state index is 0.117. The predicted molar refractivity (Wildman–Crippen MR) is 73.8 cm³/mol. The highest BCUT2D eigenvalue weighted by Crippen LogP contribution is 2.15. The van der Waals surface area contributed by atoms with Gasteiger partial charge in [-0.2, -0.15) is 0 Å². The maximum Gasteiger partial charge on any atom is 0.255 e. The lowest BCUT2D eigenvalue weighted by Crippen LogP contribution is -2.44. The van der Waals surface area contributed by atoms with Gasteiger partial charge in [0.25, 0.3) is 5.91 Å². The molecule has 1 atom stereocenters. The largest absolute Gasteiger partial charge is 0.467 e. The maximum absolute atomic E-state index is 13.5. The van der Waals surface area contributed by atoms with Crippen LogP contribution in [0.15, 0.2) is 34.9 Å². The zero-order chi connectivity index (χ0) is 17.0. The number of carbonyl (C=O) groups is 2. The van der Waals surface area contributed by atoms with Gasteiger partial charge in [0.05, 0.1) is 18.4 Å². The third-order valence-corrected chi connectivity index (χ3v) is 3.04. The monoisotopic (exact) mass is 326 g/mol. The van der Waals surface area contributed by atoms with E-state index in [0.717, 1.165) is 6.07 Å². The Labute approximate surface area is 129 Å². The maximum atomic E-state index is 13.5. The van der Waals surface area contributed by atoms with Crippen molar-refractivity contribution >= 4 is 11.8 Å². The van der Waals surface area contributed by atoms with E-state index >= 15 is 0 Å². The Morgan fingerprint density at radius 1 is 1.17 bits per heavy atom. The fourth-order valence-electron chi connectivity index (χ4n) is 1.78. The second-order valence-corrected chi connectivity index (χ2v) is 4.72. The van der Waals surface area contributed by atoms with Crippen LogP contribution in [-0.2, 0) is 11.3 Å². The van der Waals surface area contributed by atoms with Gasteiger partial charge >= 0.3 is 0 Å². The van der Waals surface area contributed by atoms with Crippen molar-refractivity contribution in [2.24, 2.45) is 0 Å². The second-order valence-electron chi connectivity index (χ2n) is 4.72. The summed E-state index contributed by atoms with van der Waals surface area (Å²) in [7, 11) is 0. The fourth-order valence-corrected chi connectivity index (χ4v) is 1.78. The zero-order valence-corrected chi connectivity index (χ0v) is 12.0. The minimum Gasteiger partial charge on any atom is -0.467 e. The summed E-state index contributed by atoms with van der Waals surface area (Å²) in [5, 5.41) is 4.70. The van der Waals surface area contributed by atoms with Crippen molar-refractivity contribution in [1.82, 2.24) is 10.6 Å². The molecule has 5 nitrogen and oxygen atoms in total. The van der Waals surface area contributed by atoms with E-state index in [1.165, 1.54) is 13.2 Å². The van der Waals surface area contributed by atoms with Gasteiger partial charge in [-0.1, -0.05) is 0 Å². The normalized spacial score (nSPS) is 11.8. The number of furan rings is 1. The lowest BCUT2D eigenvalue weighted by Gasteiger charge is -2.14. The van der Waals surface area contributed by atoms with Crippen molar-refractivity contribution < 1.29 is 27.2 Å². The van der Waals surface area contributed by atoms with E-state index < -0.39 is 40.9 Å². The molecule has 23 heavy (non-hydrogen) atoms. The first-order chi connectivity index (χ1) is 10.9.